The van der Waals surface area contributed by atoms with Crippen molar-refractivity contribution in [1.82, 2.24) is 14.6 Å². The van der Waals surface area contributed by atoms with Crippen molar-refractivity contribution >= 4 is 17.3 Å². The van der Waals surface area contributed by atoms with E-state index in [1.807, 2.05) is 10.7 Å². The first-order valence-corrected chi connectivity index (χ1v) is 9.38. The molecule has 26 heavy (non-hydrogen) atoms. The van der Waals surface area contributed by atoms with Crippen LogP contribution in [0.5, 0.6) is 0 Å². The van der Waals surface area contributed by atoms with E-state index in [0.29, 0.717) is 0 Å². The van der Waals surface area contributed by atoms with Gasteiger partial charge in [-0.15, -0.1) is 0 Å². The van der Waals surface area contributed by atoms with E-state index in [4.69, 9.17) is 5.10 Å². The molecule has 0 unspecified atom stereocenters. The summed E-state index contributed by atoms with van der Waals surface area (Å²) in [6, 6.07) is 15.0. The summed E-state index contributed by atoms with van der Waals surface area (Å²) in [6.45, 7) is 4.22. The van der Waals surface area contributed by atoms with Crippen molar-refractivity contribution in [2.75, 3.05) is 0 Å². The molecule has 5 heteroatoms. The van der Waals surface area contributed by atoms with E-state index in [1.165, 1.54) is 23.3 Å². The monoisotopic (exact) mass is 363 g/mol. The average molecular weight is 363 g/mol. The lowest BCUT2D eigenvalue weighted by Crippen LogP contribution is -1.91. The Labute approximate surface area is 155 Å². The molecule has 2 aromatic heterocycles. The lowest BCUT2D eigenvalue weighted by atomic mass is 10.0. The van der Waals surface area contributed by atoms with Gasteiger partial charge in [0.2, 0.25) is 0 Å². The minimum Gasteiger partial charge on any atom is -0.246 e. The number of aromatic nitrogens is 3. The van der Waals surface area contributed by atoms with Crippen LogP contribution >= 0.6 is 11.8 Å². The average Bonchev–Trinajstić information content (AvgIpc) is 3.08. The summed E-state index contributed by atoms with van der Waals surface area (Å²) in [4.78, 5) is 4.51. The molecule has 4 rings (SSSR count). The Morgan fingerprint density at radius 3 is 2.58 bits per heavy atom. The Kier molecular flexibility index (Phi) is 4.47. The van der Waals surface area contributed by atoms with Gasteiger partial charge >= 0.3 is 0 Å². The van der Waals surface area contributed by atoms with Gasteiger partial charge in [-0.05, 0) is 54.8 Å². The highest BCUT2D eigenvalue weighted by molar-refractivity contribution is 7.98. The van der Waals surface area contributed by atoms with Crippen LogP contribution in [-0.2, 0) is 5.75 Å². The molecular weight excluding hydrogens is 345 g/mol. The van der Waals surface area contributed by atoms with Gasteiger partial charge in [0.05, 0.1) is 11.2 Å². The number of rotatable bonds is 4. The maximum atomic E-state index is 13.0. The molecule has 0 spiro atoms. The fourth-order valence-electron chi connectivity index (χ4n) is 2.78. The highest BCUT2D eigenvalue weighted by atomic mass is 32.2. The molecule has 0 atom stereocenters. The lowest BCUT2D eigenvalue weighted by molar-refractivity contribution is 0.627. The van der Waals surface area contributed by atoms with E-state index in [9.17, 15) is 4.39 Å². The number of aryl methyl sites for hydroxylation is 2. The van der Waals surface area contributed by atoms with E-state index in [0.717, 1.165) is 33.1 Å². The number of nitrogens with zero attached hydrogens (tertiary/aromatic N) is 3. The van der Waals surface area contributed by atoms with E-state index in [1.54, 1.807) is 30.1 Å². The zero-order valence-corrected chi connectivity index (χ0v) is 15.4. The van der Waals surface area contributed by atoms with Gasteiger partial charge in [-0.25, -0.2) is 13.9 Å². The maximum Gasteiger partial charge on any atom is 0.123 e. The third-order valence-corrected chi connectivity index (χ3v) is 5.51. The highest BCUT2D eigenvalue weighted by Crippen LogP contribution is 2.28. The molecule has 0 bridgehead atoms. The van der Waals surface area contributed by atoms with Crippen LogP contribution in [0.3, 0.4) is 0 Å². The first-order valence-electron chi connectivity index (χ1n) is 8.39. The molecule has 0 amide bonds. The van der Waals surface area contributed by atoms with Crippen LogP contribution in [0.2, 0.25) is 0 Å². The summed E-state index contributed by atoms with van der Waals surface area (Å²) >= 11 is 1.63. The predicted octanol–water partition coefficient (Wildman–Crippen LogP) is 5.44. The second-order valence-corrected chi connectivity index (χ2v) is 7.27. The number of fused-ring (bicyclic) bond motifs is 1. The second kappa shape index (κ2) is 6.92. The van der Waals surface area contributed by atoms with E-state index < -0.39 is 0 Å². The minimum absolute atomic E-state index is 0.215. The van der Waals surface area contributed by atoms with Gasteiger partial charge in [-0.1, -0.05) is 36.0 Å². The van der Waals surface area contributed by atoms with E-state index in [2.05, 4.69) is 43.1 Å². The number of hydrogen-bond acceptors (Lipinski definition) is 3. The van der Waals surface area contributed by atoms with Gasteiger partial charge in [0, 0.05) is 23.7 Å². The van der Waals surface area contributed by atoms with Crippen molar-refractivity contribution < 1.29 is 4.39 Å². The second-order valence-electron chi connectivity index (χ2n) is 6.31. The van der Waals surface area contributed by atoms with Crippen molar-refractivity contribution in [2.45, 2.75) is 24.6 Å². The summed E-state index contributed by atoms with van der Waals surface area (Å²) in [5.74, 6) is 0.518. The molecular formula is C21H18FN3S. The molecule has 130 valence electrons. The summed E-state index contributed by atoms with van der Waals surface area (Å²) in [5, 5.41) is 5.61. The molecule has 4 aromatic rings. The Morgan fingerprint density at radius 1 is 1.00 bits per heavy atom. The van der Waals surface area contributed by atoms with Crippen molar-refractivity contribution in [2.24, 2.45) is 0 Å². The summed E-state index contributed by atoms with van der Waals surface area (Å²) < 4.78 is 14.9. The number of hydrogen-bond donors (Lipinski definition) is 0. The first-order chi connectivity index (χ1) is 12.6. The summed E-state index contributed by atoms with van der Waals surface area (Å²) in [5.41, 5.74) is 6.61. The number of thioether (sulfide) groups is 1. The molecule has 0 fully saturated rings. The first kappa shape index (κ1) is 16.8. The molecule has 0 aliphatic rings. The normalized spacial score (nSPS) is 11.2. The zero-order chi connectivity index (χ0) is 18.1. The van der Waals surface area contributed by atoms with Crippen LogP contribution < -0.4 is 0 Å². The van der Waals surface area contributed by atoms with Gasteiger partial charge < -0.3 is 0 Å². The molecule has 2 aromatic carbocycles. The summed E-state index contributed by atoms with van der Waals surface area (Å²) in [7, 11) is 0. The van der Waals surface area contributed by atoms with Crippen LogP contribution in [0.1, 0.15) is 16.7 Å². The third kappa shape index (κ3) is 3.35. The molecule has 0 aliphatic heterocycles. The minimum atomic E-state index is -0.215. The van der Waals surface area contributed by atoms with Crippen LogP contribution in [0, 0.1) is 19.7 Å². The molecule has 0 saturated carbocycles. The fourth-order valence-corrected chi connectivity index (χ4v) is 3.72. The van der Waals surface area contributed by atoms with Crippen molar-refractivity contribution in [3.8, 4) is 11.3 Å². The quantitative estimate of drug-likeness (QED) is 0.452. The maximum absolute atomic E-state index is 13.0. The predicted molar refractivity (Wildman–Crippen MR) is 104 cm³/mol. The van der Waals surface area contributed by atoms with Crippen molar-refractivity contribution in [3.05, 3.63) is 83.4 Å². The molecule has 0 N–H and O–H groups in total. The zero-order valence-electron chi connectivity index (χ0n) is 14.6. The third-order valence-electron chi connectivity index (χ3n) is 4.45. The highest BCUT2D eigenvalue weighted by Gasteiger charge is 2.10. The van der Waals surface area contributed by atoms with Crippen molar-refractivity contribution in [1.29, 1.82) is 0 Å². The van der Waals surface area contributed by atoms with Gasteiger partial charge in [0.25, 0.3) is 0 Å². The molecule has 2 heterocycles. The van der Waals surface area contributed by atoms with Crippen LogP contribution in [0.25, 0.3) is 16.8 Å². The van der Waals surface area contributed by atoms with Gasteiger partial charge in [-0.2, -0.15) is 5.10 Å². The molecule has 0 aliphatic carbocycles. The lowest BCUT2D eigenvalue weighted by Gasteiger charge is -2.03. The van der Waals surface area contributed by atoms with E-state index >= 15 is 0 Å². The Balaban J connectivity index is 1.64. The Morgan fingerprint density at radius 2 is 1.81 bits per heavy atom. The Hall–Kier alpha value is -2.66. The molecule has 0 radical (unpaired) electrons. The van der Waals surface area contributed by atoms with Crippen LogP contribution in [-0.4, -0.2) is 14.6 Å². The van der Waals surface area contributed by atoms with Gasteiger partial charge in [-0.3, -0.25) is 0 Å². The summed E-state index contributed by atoms with van der Waals surface area (Å²) in [6.07, 6.45) is 3.62. The standard InChI is InChI=1S/C21H18FN3S/c1-14-3-6-17(11-15(14)2)19-12-20-21(23-9-10-25(20)24-19)26-13-16-4-7-18(22)8-5-16/h3-12H,13H2,1-2H3. The van der Waals surface area contributed by atoms with Crippen LogP contribution in [0.4, 0.5) is 4.39 Å². The number of benzene rings is 2. The van der Waals surface area contributed by atoms with Crippen molar-refractivity contribution in [3.63, 3.8) is 0 Å². The van der Waals surface area contributed by atoms with Crippen LogP contribution in [0.15, 0.2) is 66.0 Å². The molecule has 0 saturated heterocycles. The largest absolute Gasteiger partial charge is 0.246 e. The van der Waals surface area contributed by atoms with Gasteiger partial charge in [0.15, 0.2) is 0 Å². The topological polar surface area (TPSA) is 30.2 Å². The smallest absolute Gasteiger partial charge is 0.123 e. The fraction of sp³-hybridized carbons (Fsp3) is 0.143. The molecule has 3 nitrogen and oxygen atoms in total. The van der Waals surface area contributed by atoms with Gasteiger partial charge in [0.1, 0.15) is 10.8 Å². The number of halogens is 1. The van der Waals surface area contributed by atoms with E-state index in [-0.39, 0.29) is 5.82 Å². The SMILES string of the molecule is Cc1ccc(-c2cc3c(SCc4ccc(F)cc4)nccn3n2)cc1C. The Bertz CT molecular complexity index is 1070.